The third kappa shape index (κ3) is 9.39. The molecule has 0 aliphatic rings. The summed E-state index contributed by atoms with van der Waals surface area (Å²) in [5.41, 5.74) is 1.24. The first kappa shape index (κ1) is 13.9. The summed E-state index contributed by atoms with van der Waals surface area (Å²) < 4.78 is 0. The fourth-order valence-electron chi connectivity index (χ4n) is 0.443. The summed E-state index contributed by atoms with van der Waals surface area (Å²) in [4.78, 5) is 1.09. The summed E-state index contributed by atoms with van der Waals surface area (Å²) >= 11 is 4.26. The van der Waals surface area contributed by atoms with Crippen LogP contribution in [0.25, 0.3) is 0 Å². The molecule has 0 aromatic carbocycles. The zero-order valence-electron chi connectivity index (χ0n) is 8.39. The van der Waals surface area contributed by atoms with Crippen molar-refractivity contribution >= 4 is 12.6 Å². The van der Waals surface area contributed by atoms with Crippen molar-refractivity contribution in [2.75, 3.05) is 0 Å². The predicted molar refractivity (Wildman–Crippen MR) is 61.3 cm³/mol. The van der Waals surface area contributed by atoms with Crippen molar-refractivity contribution < 1.29 is 0 Å². The molecule has 0 unspecified atom stereocenters. The van der Waals surface area contributed by atoms with Crippen LogP contribution in [0, 0.1) is 12.3 Å². The lowest BCUT2D eigenvalue weighted by Crippen LogP contribution is -1.72. The van der Waals surface area contributed by atoms with Gasteiger partial charge in [-0.15, -0.1) is 19.1 Å². The largest absolute Gasteiger partial charge is 0.148 e. The summed E-state index contributed by atoms with van der Waals surface area (Å²) in [5, 5.41) is 0. The molecule has 0 aliphatic heterocycles. The Kier molecular flexibility index (Phi) is 12.1. The molecule has 0 heterocycles. The van der Waals surface area contributed by atoms with Crippen LogP contribution in [0.3, 0.4) is 0 Å². The van der Waals surface area contributed by atoms with E-state index in [0.717, 1.165) is 11.3 Å². The van der Waals surface area contributed by atoms with Gasteiger partial charge in [0.25, 0.3) is 0 Å². The first-order valence-electron chi connectivity index (χ1n) is 4.15. The maximum atomic E-state index is 5.01. The molecule has 68 valence electrons. The van der Waals surface area contributed by atoms with Crippen LogP contribution in [-0.2, 0) is 0 Å². The summed E-state index contributed by atoms with van der Waals surface area (Å²) in [6.07, 6.45) is 9.48. The quantitative estimate of drug-likeness (QED) is 0.487. The molecule has 0 aliphatic carbocycles. The highest BCUT2D eigenvalue weighted by atomic mass is 32.1. The van der Waals surface area contributed by atoms with E-state index in [1.807, 2.05) is 33.8 Å². The van der Waals surface area contributed by atoms with Gasteiger partial charge in [0.2, 0.25) is 0 Å². The molecular weight excluding hydrogens is 164 g/mol. The van der Waals surface area contributed by atoms with E-state index in [1.165, 1.54) is 5.57 Å². The van der Waals surface area contributed by atoms with Gasteiger partial charge in [0.1, 0.15) is 0 Å². The summed E-state index contributed by atoms with van der Waals surface area (Å²) in [7, 11) is 0. The number of hydrogen-bond acceptors (Lipinski definition) is 1. The van der Waals surface area contributed by atoms with E-state index in [0.29, 0.717) is 0 Å². The maximum absolute atomic E-state index is 5.01. The number of rotatable bonds is 2. The third-order valence-corrected chi connectivity index (χ3v) is 1.73. The van der Waals surface area contributed by atoms with E-state index in [2.05, 4.69) is 18.5 Å². The second-order valence-corrected chi connectivity index (χ2v) is 2.76. The van der Waals surface area contributed by atoms with Crippen molar-refractivity contribution in [1.29, 1.82) is 0 Å². The minimum atomic E-state index is 0.843. The van der Waals surface area contributed by atoms with E-state index in [1.54, 1.807) is 6.08 Å². The smallest absolute Gasteiger partial charge is 0.00311 e. The summed E-state index contributed by atoms with van der Waals surface area (Å²) in [5.74, 6) is 2.42. The minimum Gasteiger partial charge on any atom is -0.148 e. The highest BCUT2D eigenvalue weighted by Gasteiger charge is 1.87. The highest BCUT2D eigenvalue weighted by Crippen LogP contribution is 2.12. The topological polar surface area (TPSA) is 0 Å². The lowest BCUT2D eigenvalue weighted by atomic mass is 10.2. The van der Waals surface area contributed by atoms with Gasteiger partial charge in [-0.2, -0.15) is 0 Å². The highest BCUT2D eigenvalue weighted by molar-refractivity contribution is 7.84. The van der Waals surface area contributed by atoms with Crippen LogP contribution in [0.2, 0.25) is 0 Å². The van der Waals surface area contributed by atoms with E-state index < -0.39 is 0 Å². The van der Waals surface area contributed by atoms with Crippen LogP contribution >= 0.6 is 12.6 Å². The number of terminal acetylenes is 1. The normalized spacial score (nSPS) is 8.33. The van der Waals surface area contributed by atoms with Crippen molar-refractivity contribution in [1.82, 2.24) is 0 Å². The number of thiol groups is 1. The minimum absolute atomic E-state index is 0.843. The summed E-state index contributed by atoms with van der Waals surface area (Å²) in [6.45, 7) is 8.07. The second kappa shape index (κ2) is 10.4. The molecule has 0 saturated heterocycles. The van der Waals surface area contributed by atoms with Gasteiger partial charge in [-0.25, -0.2) is 0 Å². The van der Waals surface area contributed by atoms with Gasteiger partial charge in [-0.05, 0) is 31.2 Å². The Bertz CT molecular complexity index is 188. The molecule has 0 N–H and O–H groups in total. The Balaban J connectivity index is 0. The molecule has 1 heteroatoms. The molecule has 0 amide bonds. The van der Waals surface area contributed by atoms with E-state index in [4.69, 9.17) is 6.42 Å². The molecule has 0 radical (unpaired) electrons. The fraction of sp³-hybridized carbons (Fsp3) is 0.455. The molecular formula is C11H18S. The van der Waals surface area contributed by atoms with E-state index in [9.17, 15) is 0 Å². The third-order valence-electron chi connectivity index (χ3n) is 1.10. The van der Waals surface area contributed by atoms with E-state index >= 15 is 0 Å². The standard InChI is InChI=1S/C9H12S.C2H6/c1-4-5-6-7-9(10)8(2)3;1-2/h1,5-6,10H,7H2,2-3H3;1-2H3/b6-5-;. The van der Waals surface area contributed by atoms with E-state index in [-0.39, 0.29) is 0 Å². The average Bonchev–Trinajstić information content (AvgIpc) is 2.08. The Labute approximate surface area is 82.2 Å². The molecule has 12 heavy (non-hydrogen) atoms. The lowest BCUT2D eigenvalue weighted by Gasteiger charge is -1.95. The van der Waals surface area contributed by atoms with Crippen LogP contribution < -0.4 is 0 Å². The van der Waals surface area contributed by atoms with Crippen LogP contribution in [0.1, 0.15) is 34.1 Å². The Morgan fingerprint density at radius 1 is 1.42 bits per heavy atom. The molecule has 0 aromatic heterocycles. The monoisotopic (exact) mass is 182 g/mol. The number of allylic oxidation sites excluding steroid dienone is 4. The fourth-order valence-corrected chi connectivity index (χ4v) is 0.548. The average molecular weight is 182 g/mol. The zero-order chi connectivity index (χ0) is 9.98. The van der Waals surface area contributed by atoms with Gasteiger partial charge in [0, 0.05) is 0 Å². The molecule has 0 saturated carbocycles. The molecule has 0 rings (SSSR count). The van der Waals surface area contributed by atoms with Crippen LogP contribution in [0.15, 0.2) is 22.6 Å². The van der Waals surface area contributed by atoms with Gasteiger partial charge in [-0.1, -0.05) is 31.4 Å². The SMILES string of the molecule is C#C/C=C\CC(S)=C(C)C.CC. The van der Waals surface area contributed by atoms with Gasteiger partial charge in [0.05, 0.1) is 0 Å². The molecule has 0 atom stereocenters. The molecule has 0 nitrogen and oxygen atoms in total. The van der Waals surface area contributed by atoms with Crippen molar-refractivity contribution in [2.45, 2.75) is 34.1 Å². The molecule has 0 fully saturated rings. The lowest BCUT2D eigenvalue weighted by molar-refractivity contribution is 1.26. The second-order valence-electron chi connectivity index (χ2n) is 2.22. The summed E-state index contributed by atoms with van der Waals surface area (Å²) in [6, 6.07) is 0. The Hall–Kier alpha value is -0.610. The first-order chi connectivity index (χ1) is 5.68. The maximum Gasteiger partial charge on any atom is -0.00311 e. The Morgan fingerprint density at radius 3 is 2.25 bits per heavy atom. The van der Waals surface area contributed by atoms with Crippen LogP contribution in [0.4, 0.5) is 0 Å². The first-order valence-corrected chi connectivity index (χ1v) is 4.59. The van der Waals surface area contributed by atoms with Gasteiger partial charge < -0.3 is 0 Å². The molecule has 0 bridgehead atoms. The Morgan fingerprint density at radius 2 is 1.92 bits per heavy atom. The van der Waals surface area contributed by atoms with Crippen LogP contribution in [0.5, 0.6) is 0 Å². The zero-order valence-corrected chi connectivity index (χ0v) is 9.28. The van der Waals surface area contributed by atoms with Crippen molar-refractivity contribution in [3.63, 3.8) is 0 Å². The van der Waals surface area contributed by atoms with Gasteiger partial charge in [-0.3, -0.25) is 0 Å². The number of hydrogen-bond donors (Lipinski definition) is 1. The van der Waals surface area contributed by atoms with Crippen molar-refractivity contribution in [2.24, 2.45) is 0 Å². The molecule has 0 spiro atoms. The van der Waals surface area contributed by atoms with Crippen molar-refractivity contribution in [3.05, 3.63) is 22.6 Å². The van der Waals surface area contributed by atoms with Gasteiger partial charge >= 0.3 is 0 Å². The predicted octanol–water partition coefficient (Wildman–Crippen LogP) is 3.82. The molecule has 0 aromatic rings. The van der Waals surface area contributed by atoms with Crippen LogP contribution in [-0.4, -0.2) is 0 Å². The van der Waals surface area contributed by atoms with Gasteiger partial charge in [0.15, 0.2) is 0 Å². The van der Waals surface area contributed by atoms with Crippen molar-refractivity contribution in [3.8, 4) is 12.3 Å².